The summed E-state index contributed by atoms with van der Waals surface area (Å²) in [5, 5.41) is 12.0. The van der Waals surface area contributed by atoms with Gasteiger partial charge in [-0.25, -0.2) is 0 Å². The van der Waals surface area contributed by atoms with Gasteiger partial charge in [-0.2, -0.15) is 0 Å². The van der Waals surface area contributed by atoms with E-state index in [0.717, 1.165) is 42.1 Å². The molecule has 0 aliphatic heterocycles. The third kappa shape index (κ3) is 4.12. The number of ether oxygens (including phenoxy) is 1. The Balaban J connectivity index is 2.03. The molecule has 5 nitrogen and oxygen atoms in total. The van der Waals surface area contributed by atoms with Gasteiger partial charge in [0.15, 0.2) is 0 Å². The van der Waals surface area contributed by atoms with Gasteiger partial charge in [-0.1, -0.05) is 0 Å². The highest BCUT2D eigenvalue weighted by Gasteiger charge is 2.09. The Bertz CT molecular complexity index is 533. The van der Waals surface area contributed by atoms with Gasteiger partial charge < -0.3 is 15.2 Å². The van der Waals surface area contributed by atoms with Crippen LogP contribution in [-0.4, -0.2) is 30.4 Å². The Labute approximate surface area is 118 Å². The summed E-state index contributed by atoms with van der Waals surface area (Å²) in [5.74, 6) is -0.0852. The largest absolute Gasteiger partial charge is 0.497 e. The molecule has 1 aromatic rings. The third-order valence-corrected chi connectivity index (χ3v) is 3.03. The molecule has 0 saturated heterocycles. The zero-order chi connectivity index (χ0) is 14.4. The molecule has 2 N–H and O–H groups in total. The Morgan fingerprint density at radius 1 is 1.35 bits per heavy atom. The lowest BCUT2D eigenvalue weighted by Gasteiger charge is -2.16. The quantitative estimate of drug-likeness (QED) is 0.866. The lowest BCUT2D eigenvalue weighted by Crippen LogP contribution is -2.11. The van der Waals surface area contributed by atoms with Gasteiger partial charge in [0.1, 0.15) is 12.3 Å². The molecule has 0 bridgehead atoms. The predicted octanol–water partition coefficient (Wildman–Crippen LogP) is 2.70. The molecule has 0 saturated carbocycles. The van der Waals surface area contributed by atoms with Gasteiger partial charge in [-0.3, -0.25) is 9.79 Å². The van der Waals surface area contributed by atoms with E-state index in [1.807, 2.05) is 30.3 Å². The second kappa shape index (κ2) is 6.75. The smallest absolute Gasteiger partial charge is 0.325 e. The molecule has 5 heteroatoms. The van der Waals surface area contributed by atoms with Crippen LogP contribution in [0.2, 0.25) is 0 Å². The van der Waals surface area contributed by atoms with E-state index in [9.17, 15) is 4.79 Å². The molecule has 1 aromatic carbocycles. The average molecular weight is 274 g/mol. The number of nitrogens with zero attached hydrogens (tertiary/aromatic N) is 1. The second-order valence-corrected chi connectivity index (χ2v) is 4.58. The maximum atomic E-state index is 10.5. The standard InChI is InChI=1S/C15H18N2O3/c1-20-14-7-5-11(6-8-14)17-13-4-2-3-12(9-13)16-10-15(18)19/h5-9,17H,2-4,10H2,1H3,(H,18,19). The molecule has 106 valence electrons. The number of nitrogens with one attached hydrogen (secondary N) is 1. The van der Waals surface area contributed by atoms with Crippen molar-refractivity contribution in [2.75, 3.05) is 19.0 Å². The molecule has 0 atom stereocenters. The van der Waals surface area contributed by atoms with Crippen molar-refractivity contribution in [2.45, 2.75) is 19.3 Å². The number of anilines is 1. The monoisotopic (exact) mass is 274 g/mol. The number of methoxy groups -OCH3 is 1. The van der Waals surface area contributed by atoms with Crippen LogP contribution >= 0.6 is 0 Å². The Hall–Kier alpha value is -2.30. The topological polar surface area (TPSA) is 70.9 Å². The fraction of sp³-hybridized carbons (Fsp3) is 0.333. The van der Waals surface area contributed by atoms with Gasteiger partial charge in [0, 0.05) is 17.1 Å². The molecule has 0 aromatic heterocycles. The van der Waals surface area contributed by atoms with E-state index in [2.05, 4.69) is 10.3 Å². The first-order valence-corrected chi connectivity index (χ1v) is 6.54. The van der Waals surface area contributed by atoms with Crippen LogP contribution in [0.15, 0.2) is 41.0 Å². The van der Waals surface area contributed by atoms with Crippen LogP contribution < -0.4 is 10.1 Å². The van der Waals surface area contributed by atoms with Crippen LogP contribution in [-0.2, 0) is 4.79 Å². The minimum absolute atomic E-state index is 0.165. The second-order valence-electron chi connectivity index (χ2n) is 4.58. The van der Waals surface area contributed by atoms with Crippen molar-refractivity contribution in [2.24, 2.45) is 4.99 Å². The molecule has 0 amide bonds. The Kier molecular flexibility index (Phi) is 4.76. The van der Waals surface area contributed by atoms with Crippen LogP contribution in [0.1, 0.15) is 19.3 Å². The van der Waals surface area contributed by atoms with Crippen molar-refractivity contribution in [3.8, 4) is 5.75 Å². The Morgan fingerprint density at radius 2 is 2.10 bits per heavy atom. The number of aliphatic imine (C=N–C) groups is 1. The van der Waals surface area contributed by atoms with Crippen LogP contribution in [0, 0.1) is 0 Å². The molecular weight excluding hydrogens is 256 g/mol. The van der Waals surface area contributed by atoms with Crippen molar-refractivity contribution < 1.29 is 14.6 Å². The molecule has 0 unspecified atom stereocenters. The third-order valence-electron chi connectivity index (χ3n) is 3.03. The predicted molar refractivity (Wildman–Crippen MR) is 78.5 cm³/mol. The van der Waals surface area contributed by atoms with Gasteiger partial charge in [0.25, 0.3) is 0 Å². The summed E-state index contributed by atoms with van der Waals surface area (Å²) in [7, 11) is 1.64. The molecule has 1 aliphatic rings. The molecule has 0 spiro atoms. The lowest BCUT2D eigenvalue weighted by atomic mass is 10.0. The van der Waals surface area contributed by atoms with Gasteiger partial charge in [-0.15, -0.1) is 0 Å². The molecule has 1 aliphatic carbocycles. The number of rotatable bonds is 5. The zero-order valence-corrected chi connectivity index (χ0v) is 11.4. The van der Waals surface area contributed by atoms with E-state index in [-0.39, 0.29) is 6.54 Å². The zero-order valence-electron chi connectivity index (χ0n) is 11.4. The van der Waals surface area contributed by atoms with E-state index in [4.69, 9.17) is 9.84 Å². The van der Waals surface area contributed by atoms with E-state index in [1.54, 1.807) is 7.11 Å². The summed E-state index contributed by atoms with van der Waals surface area (Å²) in [4.78, 5) is 14.6. The fourth-order valence-corrected chi connectivity index (χ4v) is 2.06. The molecule has 2 rings (SSSR count). The van der Waals surface area contributed by atoms with E-state index < -0.39 is 5.97 Å². The number of carboxylic acid groups (broad SMARTS) is 1. The van der Waals surface area contributed by atoms with Gasteiger partial charge in [0.05, 0.1) is 7.11 Å². The molecular formula is C15H18N2O3. The highest BCUT2D eigenvalue weighted by atomic mass is 16.5. The van der Waals surface area contributed by atoms with Gasteiger partial charge >= 0.3 is 5.97 Å². The summed E-state index contributed by atoms with van der Waals surface area (Å²) in [6.07, 6.45) is 4.70. The molecule has 0 radical (unpaired) electrons. The number of benzene rings is 1. The maximum absolute atomic E-state index is 10.5. The molecule has 0 heterocycles. The summed E-state index contributed by atoms with van der Waals surface area (Å²) < 4.78 is 5.11. The minimum Gasteiger partial charge on any atom is -0.497 e. The number of hydrogen-bond acceptors (Lipinski definition) is 4. The molecule has 20 heavy (non-hydrogen) atoms. The maximum Gasteiger partial charge on any atom is 0.325 e. The SMILES string of the molecule is COc1ccc(NC2=CC(=NCC(=O)O)CCC2)cc1. The summed E-state index contributed by atoms with van der Waals surface area (Å²) in [6, 6.07) is 7.68. The number of hydrogen-bond donors (Lipinski definition) is 2. The number of allylic oxidation sites excluding steroid dienone is 2. The fourth-order valence-electron chi connectivity index (χ4n) is 2.06. The Morgan fingerprint density at radius 3 is 2.75 bits per heavy atom. The van der Waals surface area contributed by atoms with Crippen molar-refractivity contribution in [3.05, 3.63) is 36.0 Å². The number of aliphatic carboxylic acids is 1. The van der Waals surface area contributed by atoms with Crippen molar-refractivity contribution in [1.82, 2.24) is 0 Å². The van der Waals surface area contributed by atoms with Gasteiger partial charge in [0.2, 0.25) is 0 Å². The van der Waals surface area contributed by atoms with Crippen LogP contribution in [0.3, 0.4) is 0 Å². The highest BCUT2D eigenvalue weighted by molar-refractivity contribution is 5.97. The van der Waals surface area contributed by atoms with Gasteiger partial charge in [-0.05, 0) is 49.6 Å². The highest BCUT2D eigenvalue weighted by Crippen LogP contribution is 2.21. The number of carboxylic acids is 1. The summed E-state index contributed by atoms with van der Waals surface area (Å²) in [5.41, 5.74) is 2.89. The summed E-state index contributed by atoms with van der Waals surface area (Å²) in [6.45, 7) is -0.165. The average Bonchev–Trinajstić information content (AvgIpc) is 2.46. The van der Waals surface area contributed by atoms with Crippen molar-refractivity contribution in [3.63, 3.8) is 0 Å². The lowest BCUT2D eigenvalue weighted by molar-refractivity contribution is -0.135. The van der Waals surface area contributed by atoms with Crippen molar-refractivity contribution in [1.29, 1.82) is 0 Å². The first-order chi connectivity index (χ1) is 9.67. The molecule has 0 fully saturated rings. The summed E-state index contributed by atoms with van der Waals surface area (Å²) >= 11 is 0. The van der Waals surface area contributed by atoms with E-state index in [1.165, 1.54) is 0 Å². The van der Waals surface area contributed by atoms with Crippen molar-refractivity contribution >= 4 is 17.4 Å². The van der Waals surface area contributed by atoms with Crippen LogP contribution in [0.25, 0.3) is 0 Å². The first kappa shape index (κ1) is 14.1. The van der Waals surface area contributed by atoms with Crippen LogP contribution in [0.4, 0.5) is 5.69 Å². The van der Waals surface area contributed by atoms with E-state index in [0.29, 0.717) is 0 Å². The normalized spacial score (nSPS) is 16.6. The number of carbonyl (C=O) groups is 1. The van der Waals surface area contributed by atoms with E-state index >= 15 is 0 Å². The minimum atomic E-state index is -0.902. The van der Waals surface area contributed by atoms with Crippen LogP contribution in [0.5, 0.6) is 5.75 Å². The first-order valence-electron chi connectivity index (χ1n) is 6.54.